The normalized spacial score (nSPS) is 34.5. The number of hydrogen-bond acceptors (Lipinski definition) is 2. The average Bonchev–Trinajstić information content (AvgIpc) is 2.49. The third kappa shape index (κ3) is 2.15. The molecule has 0 aliphatic heterocycles. The first kappa shape index (κ1) is 15.7. The molecule has 0 radical (unpaired) electrons. The molecule has 2 aliphatic carbocycles. The second-order valence-corrected chi connectivity index (χ2v) is 8.22. The first-order valence-electron chi connectivity index (χ1n) is 8.60. The lowest BCUT2D eigenvalue weighted by atomic mass is 9.50. The zero-order valence-electron chi connectivity index (χ0n) is 14.3. The molecule has 1 aromatic carbocycles. The third-order valence-corrected chi connectivity index (χ3v) is 6.43. The van der Waals surface area contributed by atoms with Crippen molar-refractivity contribution in [2.45, 2.75) is 64.7 Å². The molecule has 0 amide bonds. The van der Waals surface area contributed by atoms with E-state index < -0.39 is 0 Å². The first-order chi connectivity index (χ1) is 10.3. The van der Waals surface area contributed by atoms with Crippen molar-refractivity contribution in [2.75, 3.05) is 6.61 Å². The molecule has 1 N–H and O–H groups in total. The van der Waals surface area contributed by atoms with Gasteiger partial charge in [-0.2, -0.15) is 0 Å². The molecule has 1 aromatic rings. The Morgan fingerprint density at radius 1 is 1.27 bits per heavy atom. The number of ketones is 1. The van der Waals surface area contributed by atoms with Crippen molar-refractivity contribution in [3.8, 4) is 0 Å². The zero-order valence-corrected chi connectivity index (χ0v) is 14.3. The molecule has 1 fully saturated rings. The summed E-state index contributed by atoms with van der Waals surface area (Å²) in [6, 6.07) is 6.50. The van der Waals surface area contributed by atoms with Gasteiger partial charge in [-0.15, -0.1) is 0 Å². The number of aliphatic hydroxyl groups excluding tert-OH is 1. The average molecular weight is 300 g/mol. The number of aliphatic hydroxyl groups is 1. The SMILES string of the molecule is CC(C)c1ccc2c(c1)C(=O)CC1[C@](C)(CO)CCC[C@]21C. The summed E-state index contributed by atoms with van der Waals surface area (Å²) in [6.45, 7) is 8.99. The molecule has 0 bridgehead atoms. The molecule has 2 heteroatoms. The fraction of sp³-hybridized carbons (Fsp3) is 0.650. The van der Waals surface area contributed by atoms with Gasteiger partial charge in [0.25, 0.3) is 0 Å². The van der Waals surface area contributed by atoms with Crippen LogP contribution in [-0.4, -0.2) is 17.5 Å². The van der Waals surface area contributed by atoms with Crippen LogP contribution in [0.25, 0.3) is 0 Å². The van der Waals surface area contributed by atoms with E-state index in [0.29, 0.717) is 12.3 Å². The summed E-state index contributed by atoms with van der Waals surface area (Å²) in [5.74, 6) is 0.961. The highest BCUT2D eigenvalue weighted by Crippen LogP contribution is 2.57. The van der Waals surface area contributed by atoms with Gasteiger partial charge in [-0.1, -0.05) is 46.2 Å². The second-order valence-electron chi connectivity index (χ2n) is 8.22. The van der Waals surface area contributed by atoms with Gasteiger partial charge >= 0.3 is 0 Å². The number of carbonyl (C=O) groups is 1. The number of Topliss-reactive ketones (excluding diaryl/α,β-unsaturated/α-hetero) is 1. The monoisotopic (exact) mass is 300 g/mol. The fourth-order valence-corrected chi connectivity index (χ4v) is 4.91. The highest BCUT2D eigenvalue weighted by atomic mass is 16.3. The van der Waals surface area contributed by atoms with Crippen LogP contribution in [0.1, 0.15) is 80.8 Å². The van der Waals surface area contributed by atoms with Crippen LogP contribution in [-0.2, 0) is 5.41 Å². The summed E-state index contributed by atoms with van der Waals surface area (Å²) in [5.41, 5.74) is 3.30. The number of benzene rings is 1. The van der Waals surface area contributed by atoms with Crippen LogP contribution in [0.15, 0.2) is 18.2 Å². The molecule has 3 rings (SSSR count). The molecule has 1 unspecified atom stereocenters. The van der Waals surface area contributed by atoms with E-state index in [9.17, 15) is 9.90 Å². The van der Waals surface area contributed by atoms with Crippen molar-refractivity contribution in [2.24, 2.45) is 11.3 Å². The Morgan fingerprint density at radius 2 is 2.00 bits per heavy atom. The molecule has 22 heavy (non-hydrogen) atoms. The van der Waals surface area contributed by atoms with Crippen molar-refractivity contribution in [3.63, 3.8) is 0 Å². The van der Waals surface area contributed by atoms with Gasteiger partial charge in [-0.25, -0.2) is 0 Å². The maximum absolute atomic E-state index is 12.8. The molecule has 2 aliphatic rings. The highest BCUT2D eigenvalue weighted by molar-refractivity contribution is 5.99. The van der Waals surface area contributed by atoms with Crippen LogP contribution in [0.3, 0.4) is 0 Å². The minimum absolute atomic E-state index is 0.0223. The number of carbonyl (C=O) groups excluding carboxylic acids is 1. The summed E-state index contributed by atoms with van der Waals surface area (Å²) in [5, 5.41) is 9.94. The van der Waals surface area contributed by atoms with Crippen LogP contribution >= 0.6 is 0 Å². The highest BCUT2D eigenvalue weighted by Gasteiger charge is 2.53. The Balaban J connectivity index is 2.14. The predicted molar refractivity (Wildman–Crippen MR) is 89.4 cm³/mol. The van der Waals surface area contributed by atoms with Gasteiger partial charge in [0.1, 0.15) is 0 Å². The summed E-state index contributed by atoms with van der Waals surface area (Å²) < 4.78 is 0. The van der Waals surface area contributed by atoms with Gasteiger partial charge in [0.05, 0.1) is 0 Å². The van der Waals surface area contributed by atoms with Gasteiger partial charge in [0.2, 0.25) is 0 Å². The van der Waals surface area contributed by atoms with Gasteiger partial charge in [-0.3, -0.25) is 4.79 Å². The van der Waals surface area contributed by atoms with E-state index in [-0.39, 0.29) is 29.1 Å². The molecule has 0 aromatic heterocycles. The van der Waals surface area contributed by atoms with E-state index in [0.717, 1.165) is 24.8 Å². The molecular formula is C20H28O2. The summed E-state index contributed by atoms with van der Waals surface area (Å²) in [7, 11) is 0. The molecule has 0 spiro atoms. The lowest BCUT2D eigenvalue weighted by Gasteiger charge is -2.54. The Labute approximate surface area is 133 Å². The first-order valence-corrected chi connectivity index (χ1v) is 8.60. The zero-order chi connectivity index (χ0) is 16.1. The molecule has 0 heterocycles. The Kier molecular flexibility index (Phi) is 3.71. The fourth-order valence-electron chi connectivity index (χ4n) is 4.91. The van der Waals surface area contributed by atoms with Gasteiger partial charge in [0.15, 0.2) is 5.78 Å². The predicted octanol–water partition coefficient (Wildman–Crippen LogP) is 4.45. The van der Waals surface area contributed by atoms with Crippen molar-refractivity contribution in [1.29, 1.82) is 0 Å². The minimum Gasteiger partial charge on any atom is -0.396 e. The van der Waals surface area contributed by atoms with Gasteiger partial charge in [-0.05, 0) is 52.7 Å². The smallest absolute Gasteiger partial charge is 0.163 e. The van der Waals surface area contributed by atoms with Crippen molar-refractivity contribution in [1.82, 2.24) is 0 Å². The molecule has 2 nitrogen and oxygen atoms in total. The van der Waals surface area contributed by atoms with Crippen LogP contribution in [0.5, 0.6) is 0 Å². The third-order valence-electron chi connectivity index (χ3n) is 6.43. The molecule has 120 valence electrons. The quantitative estimate of drug-likeness (QED) is 0.876. The van der Waals surface area contributed by atoms with E-state index in [1.807, 2.05) is 0 Å². The van der Waals surface area contributed by atoms with Crippen molar-refractivity contribution >= 4 is 5.78 Å². The van der Waals surface area contributed by atoms with Crippen molar-refractivity contribution in [3.05, 3.63) is 34.9 Å². The number of rotatable bonds is 2. The van der Waals surface area contributed by atoms with E-state index >= 15 is 0 Å². The van der Waals surface area contributed by atoms with Crippen LogP contribution < -0.4 is 0 Å². The molecular weight excluding hydrogens is 272 g/mol. The van der Waals surface area contributed by atoms with Gasteiger partial charge in [0, 0.05) is 18.6 Å². The lowest BCUT2D eigenvalue weighted by molar-refractivity contribution is -0.0141. The maximum atomic E-state index is 12.8. The second kappa shape index (κ2) is 5.19. The van der Waals surface area contributed by atoms with E-state index in [1.54, 1.807) is 0 Å². The summed E-state index contributed by atoms with van der Waals surface area (Å²) in [4.78, 5) is 12.8. The molecule has 0 saturated heterocycles. The number of fused-ring (bicyclic) bond motifs is 3. The minimum atomic E-state index is -0.128. The van der Waals surface area contributed by atoms with E-state index in [1.165, 1.54) is 11.1 Å². The lowest BCUT2D eigenvalue weighted by Crippen LogP contribution is -2.51. The topological polar surface area (TPSA) is 37.3 Å². The van der Waals surface area contributed by atoms with E-state index in [2.05, 4.69) is 45.9 Å². The largest absolute Gasteiger partial charge is 0.396 e. The summed E-state index contributed by atoms with van der Waals surface area (Å²) >= 11 is 0. The Morgan fingerprint density at radius 3 is 2.64 bits per heavy atom. The van der Waals surface area contributed by atoms with E-state index in [4.69, 9.17) is 0 Å². The number of hydrogen-bond donors (Lipinski definition) is 1. The Hall–Kier alpha value is -1.15. The van der Waals surface area contributed by atoms with Gasteiger partial charge < -0.3 is 5.11 Å². The standard InChI is InChI=1S/C20H28O2/c1-13(2)14-6-7-16-15(10-14)17(22)11-18-19(3,12-21)8-5-9-20(16,18)4/h6-7,10,13,18,21H,5,8-9,11-12H2,1-4H3/t18?,19-,20+/m0/s1. The maximum Gasteiger partial charge on any atom is 0.163 e. The Bertz CT molecular complexity index is 604. The van der Waals surface area contributed by atoms with Crippen LogP contribution in [0.4, 0.5) is 0 Å². The molecule has 1 saturated carbocycles. The van der Waals surface area contributed by atoms with Crippen LogP contribution in [0.2, 0.25) is 0 Å². The summed E-state index contributed by atoms with van der Waals surface area (Å²) in [6.07, 6.45) is 3.86. The molecule has 3 atom stereocenters. The van der Waals surface area contributed by atoms with Crippen molar-refractivity contribution < 1.29 is 9.90 Å². The van der Waals surface area contributed by atoms with Crippen LogP contribution in [0, 0.1) is 11.3 Å².